The van der Waals surface area contributed by atoms with Crippen LogP contribution in [0, 0.1) is 0 Å². The Labute approximate surface area is 177 Å². The standard InChI is InChI=1S/C22H26ClNO4S/c1-28-19-10-6-17(7-11-19)21-5-3-2-4-15-24(21)22(25)14-16-29(26,27)20-12-8-18(23)9-13-20/h6-13,21H,2-5,14-16H2,1H3. The topological polar surface area (TPSA) is 63.7 Å². The maximum Gasteiger partial charge on any atom is 0.224 e. The van der Waals surface area contributed by atoms with Gasteiger partial charge in [0.25, 0.3) is 0 Å². The lowest BCUT2D eigenvalue weighted by molar-refractivity contribution is -0.133. The second-order valence-electron chi connectivity index (χ2n) is 7.25. The molecular weight excluding hydrogens is 410 g/mol. The van der Waals surface area contributed by atoms with Gasteiger partial charge in [0, 0.05) is 18.0 Å². The van der Waals surface area contributed by atoms with Crippen molar-refractivity contribution in [2.45, 2.75) is 43.0 Å². The summed E-state index contributed by atoms with van der Waals surface area (Å²) in [5.74, 6) is 0.443. The van der Waals surface area contributed by atoms with Gasteiger partial charge in [-0.1, -0.05) is 36.6 Å². The lowest BCUT2D eigenvalue weighted by Gasteiger charge is -2.30. The van der Waals surface area contributed by atoms with Crippen LogP contribution in [0.5, 0.6) is 5.75 Å². The zero-order chi connectivity index (χ0) is 20.9. The van der Waals surface area contributed by atoms with Crippen molar-refractivity contribution in [1.82, 2.24) is 4.90 Å². The Balaban J connectivity index is 1.73. The van der Waals surface area contributed by atoms with E-state index in [2.05, 4.69) is 0 Å². The maximum atomic E-state index is 13.0. The maximum absolute atomic E-state index is 13.0. The molecule has 29 heavy (non-hydrogen) atoms. The van der Waals surface area contributed by atoms with Crippen molar-refractivity contribution >= 4 is 27.3 Å². The fourth-order valence-corrected chi connectivity index (χ4v) is 5.06. The van der Waals surface area contributed by atoms with Gasteiger partial charge in [0.05, 0.1) is 23.8 Å². The van der Waals surface area contributed by atoms with Crippen LogP contribution in [0.3, 0.4) is 0 Å². The summed E-state index contributed by atoms with van der Waals surface area (Å²) >= 11 is 5.84. The number of hydrogen-bond acceptors (Lipinski definition) is 4. The number of carbonyl (C=O) groups excluding carboxylic acids is 1. The fraction of sp³-hybridized carbons (Fsp3) is 0.409. The molecule has 1 aliphatic heterocycles. The zero-order valence-electron chi connectivity index (χ0n) is 16.5. The Bertz CT molecular complexity index is 926. The molecule has 0 bridgehead atoms. The highest BCUT2D eigenvalue weighted by Gasteiger charge is 2.28. The first-order chi connectivity index (χ1) is 13.9. The van der Waals surface area contributed by atoms with E-state index in [-0.39, 0.29) is 29.0 Å². The molecule has 5 nitrogen and oxygen atoms in total. The fourth-order valence-electron chi connectivity index (χ4n) is 3.70. The van der Waals surface area contributed by atoms with Crippen LogP contribution in [0.4, 0.5) is 0 Å². The molecule has 156 valence electrons. The number of benzene rings is 2. The van der Waals surface area contributed by atoms with Gasteiger partial charge in [-0.25, -0.2) is 8.42 Å². The number of likely N-dealkylation sites (tertiary alicyclic amines) is 1. The van der Waals surface area contributed by atoms with Crippen LogP contribution in [-0.2, 0) is 14.6 Å². The average molecular weight is 436 g/mol. The van der Waals surface area contributed by atoms with Crippen molar-refractivity contribution < 1.29 is 17.9 Å². The van der Waals surface area contributed by atoms with E-state index in [1.54, 1.807) is 19.2 Å². The van der Waals surface area contributed by atoms with Crippen LogP contribution in [-0.4, -0.2) is 38.6 Å². The zero-order valence-corrected chi connectivity index (χ0v) is 18.1. The first-order valence-electron chi connectivity index (χ1n) is 9.82. The summed E-state index contributed by atoms with van der Waals surface area (Å²) in [7, 11) is -1.91. The van der Waals surface area contributed by atoms with Crippen molar-refractivity contribution in [2.24, 2.45) is 0 Å². The number of sulfone groups is 1. The Morgan fingerprint density at radius 2 is 1.76 bits per heavy atom. The van der Waals surface area contributed by atoms with Gasteiger partial charge in [0.2, 0.25) is 5.91 Å². The second kappa shape index (κ2) is 9.63. The summed E-state index contributed by atoms with van der Waals surface area (Å²) in [6.07, 6.45) is 3.89. The molecule has 0 spiro atoms. The molecule has 0 saturated carbocycles. The Hall–Kier alpha value is -2.05. The highest BCUT2D eigenvalue weighted by Crippen LogP contribution is 2.32. The molecule has 1 atom stereocenters. The molecule has 1 amide bonds. The normalized spacial score (nSPS) is 17.6. The van der Waals surface area contributed by atoms with Gasteiger partial charge in [-0.15, -0.1) is 0 Å². The van der Waals surface area contributed by atoms with Crippen molar-refractivity contribution in [3.05, 3.63) is 59.1 Å². The Morgan fingerprint density at radius 1 is 1.07 bits per heavy atom. The van der Waals surface area contributed by atoms with E-state index in [4.69, 9.17) is 16.3 Å². The first-order valence-corrected chi connectivity index (χ1v) is 11.9. The number of nitrogens with zero attached hydrogens (tertiary/aromatic N) is 1. The van der Waals surface area contributed by atoms with Crippen LogP contribution >= 0.6 is 11.6 Å². The molecule has 2 aromatic rings. The van der Waals surface area contributed by atoms with Crippen LogP contribution < -0.4 is 4.74 Å². The average Bonchev–Trinajstić information content (AvgIpc) is 2.99. The van der Waals surface area contributed by atoms with Crippen molar-refractivity contribution in [3.8, 4) is 5.75 Å². The molecular formula is C22H26ClNO4S. The number of ether oxygens (including phenoxy) is 1. The number of carbonyl (C=O) groups is 1. The predicted octanol–water partition coefficient (Wildman–Crippen LogP) is 4.66. The third-order valence-corrected chi connectivity index (χ3v) is 7.32. The highest BCUT2D eigenvalue weighted by molar-refractivity contribution is 7.91. The molecule has 1 saturated heterocycles. The minimum atomic E-state index is -3.53. The highest BCUT2D eigenvalue weighted by atomic mass is 35.5. The molecule has 3 rings (SSSR count). The molecule has 1 fully saturated rings. The minimum Gasteiger partial charge on any atom is -0.497 e. The largest absolute Gasteiger partial charge is 0.497 e. The van der Waals surface area contributed by atoms with Crippen molar-refractivity contribution in [3.63, 3.8) is 0 Å². The number of halogens is 1. The predicted molar refractivity (Wildman–Crippen MR) is 114 cm³/mol. The van der Waals surface area contributed by atoms with E-state index >= 15 is 0 Å². The number of methoxy groups -OCH3 is 1. The number of rotatable bonds is 6. The summed E-state index contributed by atoms with van der Waals surface area (Å²) in [6.45, 7) is 0.649. The first kappa shape index (κ1) is 21.7. The van der Waals surface area contributed by atoms with Gasteiger partial charge in [-0.05, 0) is 54.8 Å². The SMILES string of the molecule is COc1ccc(C2CCCCCN2C(=O)CCS(=O)(=O)c2ccc(Cl)cc2)cc1. The molecule has 0 radical (unpaired) electrons. The minimum absolute atomic E-state index is 0.0301. The third kappa shape index (κ3) is 5.52. The quantitative estimate of drug-likeness (QED) is 0.662. The van der Waals surface area contributed by atoms with E-state index < -0.39 is 9.84 Å². The lowest BCUT2D eigenvalue weighted by Crippen LogP contribution is -2.35. The Kier molecular flexibility index (Phi) is 7.19. The molecule has 0 N–H and O–H groups in total. The molecule has 1 heterocycles. The number of amides is 1. The molecule has 1 aliphatic rings. The van der Waals surface area contributed by atoms with Crippen molar-refractivity contribution in [1.29, 1.82) is 0 Å². The summed E-state index contributed by atoms with van der Waals surface area (Å²) in [5, 5.41) is 0.479. The molecule has 1 unspecified atom stereocenters. The van der Waals surface area contributed by atoms with E-state index in [0.717, 1.165) is 37.0 Å². The van der Waals surface area contributed by atoms with Crippen LogP contribution in [0.15, 0.2) is 53.4 Å². The lowest BCUT2D eigenvalue weighted by atomic mass is 10.0. The van der Waals surface area contributed by atoms with Crippen LogP contribution in [0.25, 0.3) is 0 Å². The smallest absolute Gasteiger partial charge is 0.224 e. The van der Waals surface area contributed by atoms with Crippen molar-refractivity contribution in [2.75, 3.05) is 19.4 Å². The molecule has 0 aromatic heterocycles. The molecule has 2 aromatic carbocycles. The summed E-state index contributed by atoms with van der Waals surface area (Å²) in [5.41, 5.74) is 1.06. The molecule has 7 heteroatoms. The summed E-state index contributed by atoms with van der Waals surface area (Å²) in [4.78, 5) is 15.1. The van der Waals surface area contributed by atoms with E-state index in [1.165, 1.54) is 12.1 Å². The van der Waals surface area contributed by atoms with Gasteiger partial charge in [0.15, 0.2) is 9.84 Å². The second-order valence-corrected chi connectivity index (χ2v) is 9.79. The van der Waals surface area contributed by atoms with Gasteiger partial charge < -0.3 is 9.64 Å². The third-order valence-electron chi connectivity index (χ3n) is 5.33. The summed E-state index contributed by atoms with van der Waals surface area (Å²) in [6, 6.07) is 13.8. The van der Waals surface area contributed by atoms with Gasteiger partial charge in [-0.3, -0.25) is 4.79 Å². The Morgan fingerprint density at radius 3 is 2.41 bits per heavy atom. The van der Waals surface area contributed by atoms with Crippen LogP contribution in [0.1, 0.15) is 43.7 Å². The summed E-state index contributed by atoms with van der Waals surface area (Å²) < 4.78 is 30.4. The van der Waals surface area contributed by atoms with E-state index in [0.29, 0.717) is 11.6 Å². The van der Waals surface area contributed by atoms with Crippen LogP contribution in [0.2, 0.25) is 5.02 Å². The monoisotopic (exact) mass is 435 g/mol. The van der Waals surface area contributed by atoms with E-state index in [9.17, 15) is 13.2 Å². The van der Waals surface area contributed by atoms with Gasteiger partial charge >= 0.3 is 0 Å². The van der Waals surface area contributed by atoms with E-state index in [1.807, 2.05) is 29.2 Å². The number of hydrogen-bond donors (Lipinski definition) is 0. The molecule has 0 aliphatic carbocycles. The van der Waals surface area contributed by atoms with Gasteiger partial charge in [0.1, 0.15) is 5.75 Å². The van der Waals surface area contributed by atoms with Gasteiger partial charge in [-0.2, -0.15) is 0 Å².